The average Bonchev–Trinajstić information content (AvgIpc) is 3.47. The molecule has 6 heteroatoms. The number of carbonyl (C=O) groups is 2. The van der Waals surface area contributed by atoms with Gasteiger partial charge in [0.1, 0.15) is 11.9 Å². The van der Waals surface area contributed by atoms with Crippen molar-refractivity contribution < 1.29 is 19.1 Å². The first-order valence-corrected chi connectivity index (χ1v) is 11.2. The monoisotopic (exact) mass is 449 g/mol. The summed E-state index contributed by atoms with van der Waals surface area (Å²) < 4.78 is 12.9. The molecule has 5 nitrogen and oxygen atoms in total. The zero-order chi connectivity index (χ0) is 22.4. The Morgan fingerprint density at radius 2 is 1.88 bits per heavy atom. The standard InChI is InChI=1S/C26H24ClNO4/c1-15-21(14-25(29)32-24-12-16-3-4-18(24)11-16)22-13-20(31-2)9-10-23(22)28(15)26(30)17-5-7-19(27)8-6-17/h3-10,13,16,18,24H,11-12,14H2,1-2H3. The Morgan fingerprint density at radius 1 is 1.09 bits per heavy atom. The molecule has 3 aromatic rings. The van der Waals surface area contributed by atoms with Crippen molar-refractivity contribution in [2.24, 2.45) is 11.8 Å². The fourth-order valence-electron chi connectivity index (χ4n) is 5.02. The molecule has 2 bridgehead atoms. The molecule has 1 aromatic heterocycles. The van der Waals surface area contributed by atoms with E-state index in [-0.39, 0.29) is 24.4 Å². The summed E-state index contributed by atoms with van der Waals surface area (Å²) in [4.78, 5) is 26.3. The summed E-state index contributed by atoms with van der Waals surface area (Å²) in [7, 11) is 1.60. The molecule has 1 heterocycles. The Kier molecular flexibility index (Phi) is 5.30. The van der Waals surface area contributed by atoms with Gasteiger partial charge in [-0.2, -0.15) is 0 Å². The van der Waals surface area contributed by atoms with Crippen LogP contribution in [0.25, 0.3) is 10.9 Å². The summed E-state index contributed by atoms with van der Waals surface area (Å²) in [6.07, 6.45) is 6.42. The van der Waals surface area contributed by atoms with Crippen LogP contribution in [-0.2, 0) is 16.0 Å². The van der Waals surface area contributed by atoms with Gasteiger partial charge < -0.3 is 9.47 Å². The molecule has 1 fully saturated rings. The summed E-state index contributed by atoms with van der Waals surface area (Å²) in [6, 6.07) is 12.3. The Morgan fingerprint density at radius 3 is 2.53 bits per heavy atom. The highest BCUT2D eigenvalue weighted by atomic mass is 35.5. The summed E-state index contributed by atoms with van der Waals surface area (Å²) in [5.41, 5.74) is 2.75. The molecule has 3 unspecified atom stereocenters. The van der Waals surface area contributed by atoms with Crippen LogP contribution in [0.1, 0.15) is 34.5 Å². The molecule has 2 aliphatic rings. The van der Waals surface area contributed by atoms with Crippen molar-refractivity contribution in [3.05, 3.63) is 76.5 Å². The number of hydrogen-bond acceptors (Lipinski definition) is 4. The van der Waals surface area contributed by atoms with Crippen LogP contribution in [0.4, 0.5) is 0 Å². The molecule has 0 saturated heterocycles. The van der Waals surface area contributed by atoms with Gasteiger partial charge in [-0.15, -0.1) is 0 Å². The minimum absolute atomic E-state index is 0.0450. The number of benzene rings is 2. The predicted molar refractivity (Wildman–Crippen MR) is 123 cm³/mol. The first-order valence-electron chi connectivity index (χ1n) is 10.8. The Balaban J connectivity index is 1.50. The lowest BCUT2D eigenvalue weighted by atomic mass is 10.0. The lowest BCUT2D eigenvalue weighted by Gasteiger charge is -2.19. The van der Waals surface area contributed by atoms with Gasteiger partial charge >= 0.3 is 5.97 Å². The second-order valence-corrected chi connectivity index (χ2v) is 9.02. The quantitative estimate of drug-likeness (QED) is 0.389. The zero-order valence-electron chi connectivity index (χ0n) is 18.0. The highest BCUT2D eigenvalue weighted by molar-refractivity contribution is 6.30. The largest absolute Gasteiger partial charge is 0.497 e. The molecule has 3 atom stereocenters. The minimum atomic E-state index is -0.264. The van der Waals surface area contributed by atoms with E-state index in [1.54, 1.807) is 35.9 Å². The first kappa shape index (κ1) is 20.8. The number of methoxy groups -OCH3 is 1. The third kappa shape index (κ3) is 3.61. The maximum atomic E-state index is 13.4. The van der Waals surface area contributed by atoms with Crippen molar-refractivity contribution in [3.8, 4) is 5.75 Å². The summed E-state index contributed by atoms with van der Waals surface area (Å²) in [5, 5.41) is 1.38. The molecule has 164 valence electrons. The smallest absolute Gasteiger partial charge is 0.310 e. The van der Waals surface area contributed by atoms with E-state index in [9.17, 15) is 9.59 Å². The highest BCUT2D eigenvalue weighted by Crippen LogP contribution is 2.41. The van der Waals surface area contributed by atoms with E-state index in [4.69, 9.17) is 21.1 Å². The van der Waals surface area contributed by atoms with Gasteiger partial charge in [0.25, 0.3) is 5.91 Å². The van der Waals surface area contributed by atoms with Crippen molar-refractivity contribution in [1.82, 2.24) is 4.57 Å². The van der Waals surface area contributed by atoms with Crippen molar-refractivity contribution in [2.75, 3.05) is 7.11 Å². The fraction of sp³-hybridized carbons (Fsp3) is 0.308. The van der Waals surface area contributed by atoms with Crippen LogP contribution < -0.4 is 4.74 Å². The number of rotatable bonds is 5. The van der Waals surface area contributed by atoms with Crippen molar-refractivity contribution >= 4 is 34.4 Å². The van der Waals surface area contributed by atoms with E-state index >= 15 is 0 Å². The van der Waals surface area contributed by atoms with E-state index in [1.807, 2.05) is 25.1 Å². The number of esters is 1. The second kappa shape index (κ2) is 8.14. The molecular weight excluding hydrogens is 426 g/mol. The number of ether oxygens (including phenoxy) is 2. The number of aromatic nitrogens is 1. The highest BCUT2D eigenvalue weighted by Gasteiger charge is 2.38. The minimum Gasteiger partial charge on any atom is -0.497 e. The van der Waals surface area contributed by atoms with Crippen LogP contribution >= 0.6 is 11.6 Å². The molecule has 2 aromatic carbocycles. The van der Waals surface area contributed by atoms with E-state index < -0.39 is 0 Å². The van der Waals surface area contributed by atoms with Crippen LogP contribution in [0.15, 0.2) is 54.6 Å². The summed E-state index contributed by atoms with van der Waals surface area (Å²) >= 11 is 5.99. The van der Waals surface area contributed by atoms with Gasteiger partial charge in [0.15, 0.2) is 0 Å². The predicted octanol–water partition coefficient (Wildman–Crippen LogP) is 5.35. The third-order valence-corrected chi connectivity index (χ3v) is 6.91. The number of fused-ring (bicyclic) bond motifs is 3. The number of carbonyl (C=O) groups excluding carboxylic acids is 2. The maximum absolute atomic E-state index is 13.4. The van der Waals surface area contributed by atoms with Crippen LogP contribution in [0.2, 0.25) is 5.02 Å². The SMILES string of the molecule is COc1ccc2c(c1)c(CC(=O)OC1CC3C=CC1C3)c(C)n2C(=O)c1ccc(Cl)cc1. The lowest BCUT2D eigenvalue weighted by molar-refractivity contribution is -0.149. The molecule has 5 rings (SSSR count). The number of halogens is 1. The topological polar surface area (TPSA) is 57.5 Å². The van der Waals surface area contributed by atoms with Gasteiger partial charge in [-0.1, -0.05) is 23.8 Å². The van der Waals surface area contributed by atoms with Gasteiger partial charge in [-0.25, -0.2) is 0 Å². The van der Waals surface area contributed by atoms with Crippen LogP contribution in [0.3, 0.4) is 0 Å². The van der Waals surface area contributed by atoms with Crippen LogP contribution in [0, 0.1) is 18.8 Å². The molecule has 1 saturated carbocycles. The molecule has 0 radical (unpaired) electrons. The molecule has 0 amide bonds. The van der Waals surface area contributed by atoms with Crippen molar-refractivity contribution in [2.45, 2.75) is 32.3 Å². The normalized spacial score (nSPS) is 21.3. The number of hydrogen-bond donors (Lipinski definition) is 0. The Hall–Kier alpha value is -3.05. The molecule has 0 aliphatic heterocycles. The van der Waals surface area contributed by atoms with Gasteiger partial charge in [-0.3, -0.25) is 14.2 Å². The first-order chi connectivity index (χ1) is 15.4. The Labute approximate surface area is 191 Å². The van der Waals surface area contributed by atoms with Crippen molar-refractivity contribution in [1.29, 1.82) is 0 Å². The molecular formula is C26H24ClNO4. The number of allylic oxidation sites excluding steroid dienone is 1. The zero-order valence-corrected chi connectivity index (χ0v) is 18.8. The van der Waals surface area contributed by atoms with Gasteiger partial charge in [0, 0.05) is 27.6 Å². The molecule has 2 aliphatic carbocycles. The van der Waals surface area contributed by atoms with Crippen LogP contribution in [-0.4, -0.2) is 29.7 Å². The maximum Gasteiger partial charge on any atom is 0.310 e. The third-order valence-electron chi connectivity index (χ3n) is 6.66. The average molecular weight is 450 g/mol. The van der Waals surface area contributed by atoms with E-state index in [1.165, 1.54) is 0 Å². The van der Waals surface area contributed by atoms with E-state index in [0.717, 1.165) is 35.0 Å². The summed E-state index contributed by atoms with van der Waals surface area (Å²) in [6.45, 7) is 1.86. The lowest BCUT2D eigenvalue weighted by Crippen LogP contribution is -2.23. The van der Waals surface area contributed by atoms with Crippen LogP contribution in [0.5, 0.6) is 5.75 Å². The fourth-order valence-corrected chi connectivity index (χ4v) is 5.14. The molecule has 0 N–H and O–H groups in total. The molecule has 0 spiro atoms. The number of nitrogens with zero attached hydrogens (tertiary/aromatic N) is 1. The second-order valence-electron chi connectivity index (χ2n) is 8.58. The van der Waals surface area contributed by atoms with Gasteiger partial charge in [-0.05, 0) is 73.7 Å². The van der Waals surface area contributed by atoms with E-state index in [0.29, 0.717) is 28.2 Å². The Bertz CT molecular complexity index is 1240. The van der Waals surface area contributed by atoms with E-state index in [2.05, 4.69) is 12.2 Å². The van der Waals surface area contributed by atoms with Crippen molar-refractivity contribution in [3.63, 3.8) is 0 Å². The summed E-state index contributed by atoms with van der Waals surface area (Å²) in [5.74, 6) is 1.09. The van der Waals surface area contributed by atoms with Gasteiger partial charge in [0.05, 0.1) is 19.0 Å². The molecule has 32 heavy (non-hydrogen) atoms. The van der Waals surface area contributed by atoms with Gasteiger partial charge in [0.2, 0.25) is 0 Å².